The van der Waals surface area contributed by atoms with Crippen LogP contribution in [0.1, 0.15) is 49.9 Å². The summed E-state index contributed by atoms with van der Waals surface area (Å²) in [5.74, 6) is -2.46. The number of esters is 2. The third-order valence-electron chi connectivity index (χ3n) is 6.69. The van der Waals surface area contributed by atoms with Gasteiger partial charge in [-0.25, -0.2) is 9.37 Å². The smallest absolute Gasteiger partial charge is 0.323 e. The van der Waals surface area contributed by atoms with Gasteiger partial charge in [-0.3, -0.25) is 14.4 Å². The van der Waals surface area contributed by atoms with E-state index in [-0.39, 0.29) is 57.2 Å². The predicted molar refractivity (Wildman–Crippen MR) is 125 cm³/mol. The number of pyridine rings is 1. The molecule has 2 aliphatic rings. The first-order valence-electron chi connectivity index (χ1n) is 11.8. The molecule has 0 amide bonds. The number of halogens is 1. The number of ketones is 1. The summed E-state index contributed by atoms with van der Waals surface area (Å²) in [5.41, 5.74) is -0.621. The van der Waals surface area contributed by atoms with Crippen molar-refractivity contribution in [1.29, 1.82) is 0 Å². The van der Waals surface area contributed by atoms with Gasteiger partial charge in [0.05, 0.1) is 24.3 Å². The van der Waals surface area contributed by atoms with Crippen molar-refractivity contribution in [2.75, 3.05) is 13.2 Å². The quantitative estimate of drug-likeness (QED) is 0.432. The lowest BCUT2D eigenvalue weighted by molar-refractivity contribution is -0.178. The van der Waals surface area contributed by atoms with Gasteiger partial charge in [-0.1, -0.05) is 42.5 Å². The third kappa shape index (κ3) is 4.70. The summed E-state index contributed by atoms with van der Waals surface area (Å²) in [5, 5.41) is 0. The van der Waals surface area contributed by atoms with Gasteiger partial charge in [-0.2, -0.15) is 0 Å². The lowest BCUT2D eigenvalue weighted by Crippen LogP contribution is -2.51. The molecule has 8 heteroatoms. The lowest BCUT2D eigenvalue weighted by atomic mass is 9.60. The molecule has 0 N–H and O–H groups in total. The van der Waals surface area contributed by atoms with Crippen LogP contribution in [0.2, 0.25) is 0 Å². The SMILES string of the molecule is CCOC(=O)C1(C(=O)OCC)CC[C@]2(C=Cc3cc(F)c(OCc4ccccc4)nc3C2)C(=O)C1. The van der Waals surface area contributed by atoms with Crippen molar-refractivity contribution in [3.8, 4) is 5.88 Å². The molecule has 0 unspecified atom stereocenters. The Kier molecular flexibility index (Phi) is 7.00. The molecule has 0 aliphatic heterocycles. The molecule has 184 valence electrons. The molecule has 2 aromatic rings. The Bertz CT molecular complexity index is 1140. The Morgan fingerprint density at radius 1 is 1.03 bits per heavy atom. The number of fused-ring (bicyclic) bond motifs is 1. The fourth-order valence-electron chi connectivity index (χ4n) is 4.69. The molecule has 1 fully saturated rings. The molecule has 1 saturated carbocycles. The molecule has 0 bridgehead atoms. The van der Waals surface area contributed by atoms with Crippen LogP contribution in [0.5, 0.6) is 5.88 Å². The minimum Gasteiger partial charge on any atom is -0.471 e. The molecule has 1 aromatic heterocycles. The van der Waals surface area contributed by atoms with Crippen LogP contribution in [0.15, 0.2) is 42.5 Å². The first-order chi connectivity index (χ1) is 16.8. The molecule has 0 radical (unpaired) electrons. The summed E-state index contributed by atoms with van der Waals surface area (Å²) in [6, 6.07) is 10.7. The normalized spacial score (nSPS) is 20.3. The molecular weight excluding hydrogens is 453 g/mol. The molecule has 1 heterocycles. The summed E-state index contributed by atoms with van der Waals surface area (Å²) in [7, 11) is 0. The highest BCUT2D eigenvalue weighted by atomic mass is 19.1. The predicted octanol–water partition coefficient (Wildman–Crippen LogP) is 4.22. The fraction of sp³-hybridized carbons (Fsp3) is 0.407. The molecule has 1 atom stereocenters. The second kappa shape index (κ2) is 9.98. The molecule has 0 saturated heterocycles. The van der Waals surface area contributed by atoms with Gasteiger partial charge in [0.1, 0.15) is 12.4 Å². The van der Waals surface area contributed by atoms with Gasteiger partial charge in [-0.15, -0.1) is 0 Å². The first kappa shape index (κ1) is 24.6. The number of hydrogen-bond donors (Lipinski definition) is 0. The average molecular weight is 482 g/mol. The Morgan fingerprint density at radius 3 is 2.34 bits per heavy atom. The van der Waals surface area contributed by atoms with Gasteiger partial charge in [0, 0.05) is 12.8 Å². The Labute approximate surface area is 203 Å². The third-order valence-corrected chi connectivity index (χ3v) is 6.69. The van der Waals surface area contributed by atoms with Gasteiger partial charge in [0.2, 0.25) is 0 Å². The molecule has 35 heavy (non-hydrogen) atoms. The summed E-state index contributed by atoms with van der Waals surface area (Å²) in [6.07, 6.45) is 3.66. The zero-order valence-corrected chi connectivity index (χ0v) is 19.8. The number of nitrogens with zero attached hydrogens (tertiary/aromatic N) is 1. The second-order valence-electron chi connectivity index (χ2n) is 8.87. The number of benzene rings is 1. The molecular formula is C27H28FNO6. The van der Waals surface area contributed by atoms with E-state index >= 15 is 0 Å². The summed E-state index contributed by atoms with van der Waals surface area (Å²) >= 11 is 0. The number of allylic oxidation sites excluding steroid dienone is 1. The number of aromatic nitrogens is 1. The van der Waals surface area contributed by atoms with Crippen molar-refractivity contribution in [1.82, 2.24) is 4.98 Å². The van der Waals surface area contributed by atoms with Crippen molar-refractivity contribution >= 4 is 23.8 Å². The van der Waals surface area contributed by atoms with Gasteiger partial charge in [0.25, 0.3) is 5.88 Å². The van der Waals surface area contributed by atoms with E-state index in [0.717, 1.165) is 5.56 Å². The van der Waals surface area contributed by atoms with E-state index in [1.807, 2.05) is 30.3 Å². The maximum absolute atomic E-state index is 14.6. The molecule has 4 rings (SSSR count). The van der Waals surface area contributed by atoms with Gasteiger partial charge in [0.15, 0.2) is 11.2 Å². The minimum atomic E-state index is -1.65. The van der Waals surface area contributed by atoms with Crippen molar-refractivity contribution in [2.24, 2.45) is 10.8 Å². The zero-order chi connectivity index (χ0) is 25.1. The highest BCUT2D eigenvalue weighted by molar-refractivity contribution is 6.06. The average Bonchev–Trinajstić information content (AvgIpc) is 2.85. The molecule has 1 spiro atoms. The maximum atomic E-state index is 14.6. The van der Waals surface area contributed by atoms with Crippen LogP contribution in [0, 0.1) is 16.6 Å². The van der Waals surface area contributed by atoms with Gasteiger partial charge < -0.3 is 14.2 Å². The largest absolute Gasteiger partial charge is 0.471 e. The van der Waals surface area contributed by atoms with E-state index in [1.165, 1.54) is 6.07 Å². The Balaban J connectivity index is 1.57. The number of carbonyl (C=O) groups is 3. The van der Waals surface area contributed by atoms with Crippen molar-refractivity contribution in [2.45, 2.75) is 46.1 Å². The number of hydrogen-bond acceptors (Lipinski definition) is 7. The number of ether oxygens (including phenoxy) is 3. The molecule has 7 nitrogen and oxygen atoms in total. The number of carbonyl (C=O) groups excluding carboxylic acids is 3. The van der Waals surface area contributed by atoms with Crippen LogP contribution in [0.4, 0.5) is 4.39 Å². The van der Waals surface area contributed by atoms with E-state index in [1.54, 1.807) is 26.0 Å². The number of rotatable bonds is 7. The monoisotopic (exact) mass is 481 g/mol. The van der Waals surface area contributed by atoms with Crippen LogP contribution in [0.25, 0.3) is 6.08 Å². The second-order valence-corrected chi connectivity index (χ2v) is 8.87. The van der Waals surface area contributed by atoms with E-state index in [9.17, 15) is 18.8 Å². The van der Waals surface area contributed by atoms with Crippen LogP contribution < -0.4 is 4.74 Å². The fourth-order valence-corrected chi connectivity index (χ4v) is 4.69. The number of Topliss-reactive ketones (excluding diaryl/α,β-unsaturated/α-hetero) is 1. The summed E-state index contributed by atoms with van der Waals surface area (Å²) < 4.78 is 30.5. The summed E-state index contributed by atoms with van der Waals surface area (Å²) in [4.78, 5) is 43.4. The molecule has 1 aromatic carbocycles. The van der Waals surface area contributed by atoms with E-state index < -0.39 is 28.6 Å². The van der Waals surface area contributed by atoms with Gasteiger partial charge >= 0.3 is 11.9 Å². The van der Waals surface area contributed by atoms with E-state index in [0.29, 0.717) is 11.3 Å². The van der Waals surface area contributed by atoms with E-state index in [4.69, 9.17) is 14.2 Å². The van der Waals surface area contributed by atoms with Crippen molar-refractivity contribution < 1.29 is 33.0 Å². The highest BCUT2D eigenvalue weighted by Crippen LogP contribution is 2.49. The van der Waals surface area contributed by atoms with Crippen LogP contribution in [-0.2, 0) is 36.9 Å². The standard InChI is InChI=1S/C27H28FNO6/c1-3-33-24(31)27(25(32)34-4-2)13-12-26(22(30)16-27)11-10-19-14-20(28)23(29-21(19)15-26)35-17-18-8-6-5-7-9-18/h5-11,14H,3-4,12-13,15-17H2,1-2H3/t26-/m0/s1. The highest BCUT2D eigenvalue weighted by Gasteiger charge is 2.58. The van der Waals surface area contributed by atoms with E-state index in [2.05, 4.69) is 4.98 Å². The van der Waals surface area contributed by atoms with Crippen LogP contribution >= 0.6 is 0 Å². The summed E-state index contributed by atoms with van der Waals surface area (Å²) in [6.45, 7) is 3.63. The first-order valence-corrected chi connectivity index (χ1v) is 11.8. The lowest BCUT2D eigenvalue weighted by Gasteiger charge is -2.42. The van der Waals surface area contributed by atoms with Crippen LogP contribution in [0.3, 0.4) is 0 Å². The maximum Gasteiger partial charge on any atom is 0.323 e. The topological polar surface area (TPSA) is 91.8 Å². The van der Waals surface area contributed by atoms with Crippen molar-refractivity contribution in [3.63, 3.8) is 0 Å². The Hall–Kier alpha value is -3.55. The minimum absolute atomic E-state index is 0.0911. The van der Waals surface area contributed by atoms with Crippen LogP contribution in [-0.4, -0.2) is 35.9 Å². The Morgan fingerprint density at radius 2 is 1.71 bits per heavy atom. The molecule has 2 aliphatic carbocycles. The van der Waals surface area contributed by atoms with Gasteiger partial charge in [-0.05, 0) is 43.9 Å². The van der Waals surface area contributed by atoms with Crippen molar-refractivity contribution in [3.05, 3.63) is 65.1 Å². The zero-order valence-electron chi connectivity index (χ0n) is 19.8.